The van der Waals surface area contributed by atoms with Gasteiger partial charge in [-0.3, -0.25) is 20.3 Å². The van der Waals surface area contributed by atoms with Crippen LogP contribution in [0.15, 0.2) is 49.3 Å². The van der Waals surface area contributed by atoms with E-state index >= 15 is 0 Å². The third-order valence-corrected chi connectivity index (χ3v) is 6.96. The fourth-order valence-electron chi connectivity index (χ4n) is 4.22. The van der Waals surface area contributed by atoms with E-state index in [1.54, 1.807) is 24.4 Å². The molecule has 2 aromatic heterocycles. The van der Waals surface area contributed by atoms with Crippen LogP contribution in [0.2, 0.25) is 5.02 Å². The van der Waals surface area contributed by atoms with Crippen LogP contribution in [0.3, 0.4) is 0 Å². The summed E-state index contributed by atoms with van der Waals surface area (Å²) in [6.07, 6.45) is 3.56. The summed E-state index contributed by atoms with van der Waals surface area (Å²) in [6, 6.07) is 4.78. The van der Waals surface area contributed by atoms with E-state index in [0.717, 1.165) is 18.4 Å². The van der Waals surface area contributed by atoms with Gasteiger partial charge in [0.2, 0.25) is 5.96 Å². The van der Waals surface area contributed by atoms with Gasteiger partial charge in [-0.25, -0.2) is 9.55 Å². The lowest BCUT2D eigenvalue weighted by Gasteiger charge is -2.21. The van der Waals surface area contributed by atoms with Gasteiger partial charge in [-0.2, -0.15) is 20.2 Å². The molecule has 4 heterocycles. The molecule has 0 bridgehead atoms. The van der Waals surface area contributed by atoms with Crippen molar-refractivity contribution in [2.24, 2.45) is 37.6 Å². The maximum atomic E-state index is 13.8. The van der Waals surface area contributed by atoms with Crippen molar-refractivity contribution >= 4 is 60.7 Å². The molecular weight excluding hydrogens is 524 g/mol. The van der Waals surface area contributed by atoms with E-state index in [2.05, 4.69) is 46.6 Å². The second kappa shape index (κ2) is 7.84. The average molecular weight is 542 g/mol. The number of hydrogen-bond donors (Lipinski definition) is 3. The van der Waals surface area contributed by atoms with Crippen molar-refractivity contribution in [1.82, 2.24) is 25.2 Å². The maximum Gasteiger partial charge on any atom is 0.268 e. The second-order valence-corrected chi connectivity index (χ2v) is 9.58. The second-order valence-electron chi connectivity index (χ2n) is 8.36. The number of guanidine groups is 1. The van der Waals surface area contributed by atoms with E-state index in [1.807, 2.05) is 6.92 Å². The Morgan fingerprint density at radius 3 is 2.88 bits per heavy atom. The summed E-state index contributed by atoms with van der Waals surface area (Å²) in [6.45, 7) is 1.87. The lowest BCUT2D eigenvalue weighted by atomic mass is 10.1. The summed E-state index contributed by atoms with van der Waals surface area (Å²) >= 11 is 9.88. The van der Waals surface area contributed by atoms with Crippen molar-refractivity contribution in [2.45, 2.75) is 25.8 Å². The highest BCUT2D eigenvalue weighted by Gasteiger charge is 2.40. The van der Waals surface area contributed by atoms with E-state index in [9.17, 15) is 4.79 Å². The van der Waals surface area contributed by atoms with Gasteiger partial charge in [0, 0.05) is 5.56 Å². The zero-order valence-corrected chi connectivity index (χ0v) is 20.2. The predicted molar refractivity (Wildman–Crippen MR) is 134 cm³/mol. The number of H-pyrrole nitrogens is 1. The molecule has 1 saturated carbocycles. The Labute approximate surface area is 206 Å². The third-order valence-electron chi connectivity index (χ3n) is 6.01. The summed E-state index contributed by atoms with van der Waals surface area (Å²) in [7, 11) is 0. The minimum Gasteiger partial charge on any atom is -0.368 e. The number of hydrazone groups is 1. The number of nitrogens with zero attached hydrogens (tertiary/aromatic N) is 7. The summed E-state index contributed by atoms with van der Waals surface area (Å²) < 4.78 is 2.14. The quantitative estimate of drug-likeness (QED) is 0.464. The van der Waals surface area contributed by atoms with Crippen LogP contribution in [0, 0.1) is 18.8 Å². The lowest BCUT2D eigenvalue weighted by Crippen LogP contribution is -2.36. The van der Waals surface area contributed by atoms with Crippen LogP contribution in [-0.4, -0.2) is 42.0 Å². The molecule has 4 N–H and O–H groups in total. The number of aromatic nitrogens is 4. The van der Waals surface area contributed by atoms with Crippen molar-refractivity contribution in [3.8, 4) is 5.82 Å². The summed E-state index contributed by atoms with van der Waals surface area (Å²) in [4.78, 5) is 32.3. The molecule has 0 saturated heterocycles. The van der Waals surface area contributed by atoms with Gasteiger partial charge in [0.1, 0.15) is 39.9 Å². The van der Waals surface area contributed by atoms with Crippen molar-refractivity contribution < 1.29 is 0 Å². The molecular formula is C21H18BrClN10O. The molecule has 3 aliphatic rings. The Morgan fingerprint density at radius 1 is 1.32 bits per heavy atom. The molecule has 2 unspecified atom stereocenters. The fraction of sp³-hybridized carbons (Fsp3) is 0.286. The highest BCUT2D eigenvalue weighted by molar-refractivity contribution is 9.18. The molecule has 1 aromatic carbocycles. The van der Waals surface area contributed by atoms with Crippen molar-refractivity contribution in [2.75, 3.05) is 0 Å². The number of hydrogen-bond acceptors (Lipinski definition) is 8. The molecule has 1 fully saturated rings. The normalized spacial score (nSPS) is 21.7. The smallest absolute Gasteiger partial charge is 0.268 e. The standard InChI is InChI=1S/C21H18BrClN10O/c1-8-7-25-32-18(8)33-19(26-11-4-2-3-10(23)12(11)20(33)34)14(9-5-6-9)27-16-13-15(22)30-31-17(13)29-21(24)28-16/h2-4,7,9,13-14H,5-6H2,1H3,(H,25,32)(H3,24,27,28,29,31). The van der Waals surface area contributed by atoms with Gasteiger partial charge in [0.25, 0.3) is 5.56 Å². The van der Waals surface area contributed by atoms with Crippen LogP contribution in [0.4, 0.5) is 0 Å². The number of rotatable bonds is 4. The van der Waals surface area contributed by atoms with E-state index < -0.39 is 12.0 Å². The van der Waals surface area contributed by atoms with E-state index in [4.69, 9.17) is 27.3 Å². The molecule has 13 heteroatoms. The molecule has 2 atom stereocenters. The van der Waals surface area contributed by atoms with Crippen molar-refractivity contribution in [1.29, 1.82) is 0 Å². The van der Waals surface area contributed by atoms with E-state index in [1.165, 1.54) is 4.57 Å². The van der Waals surface area contributed by atoms with Crippen LogP contribution in [0.1, 0.15) is 30.3 Å². The lowest BCUT2D eigenvalue weighted by molar-refractivity contribution is 0.571. The van der Waals surface area contributed by atoms with Crippen molar-refractivity contribution in [3.63, 3.8) is 0 Å². The number of benzene rings is 1. The van der Waals surface area contributed by atoms with Gasteiger partial charge in [0.05, 0.1) is 22.1 Å². The molecule has 3 aromatic rings. The molecule has 11 nitrogen and oxygen atoms in total. The highest BCUT2D eigenvalue weighted by atomic mass is 79.9. The summed E-state index contributed by atoms with van der Waals surface area (Å²) in [5.74, 6) is 1.90. The van der Waals surface area contributed by atoms with Crippen LogP contribution < -0.4 is 16.7 Å². The Morgan fingerprint density at radius 2 is 2.15 bits per heavy atom. The Balaban J connectivity index is 1.61. The van der Waals surface area contributed by atoms with Crippen LogP contribution in [0.5, 0.6) is 0 Å². The van der Waals surface area contributed by atoms with Gasteiger partial charge >= 0.3 is 0 Å². The number of aliphatic imine (C=N–C) groups is 3. The summed E-state index contributed by atoms with van der Waals surface area (Å²) in [5.41, 5.74) is 9.82. The first-order valence-corrected chi connectivity index (χ1v) is 11.8. The maximum absolute atomic E-state index is 13.8. The molecule has 0 spiro atoms. The number of halogens is 2. The number of nitrogens with two attached hydrogens (primary N) is 1. The van der Waals surface area contributed by atoms with E-state index in [0.29, 0.717) is 43.9 Å². The minimum absolute atomic E-state index is 0.0875. The van der Waals surface area contributed by atoms with Crippen LogP contribution >= 0.6 is 27.5 Å². The summed E-state index contributed by atoms with van der Waals surface area (Å²) in [5, 5.41) is 11.9. The topological polar surface area (TPSA) is 151 Å². The first-order valence-electron chi connectivity index (χ1n) is 10.6. The average Bonchev–Trinajstić information content (AvgIpc) is 3.45. The van der Waals surface area contributed by atoms with E-state index in [-0.39, 0.29) is 17.4 Å². The first-order chi connectivity index (χ1) is 16.4. The Kier molecular flexibility index (Phi) is 4.88. The molecule has 34 heavy (non-hydrogen) atoms. The number of amidine groups is 2. The Hall–Kier alpha value is -3.38. The highest BCUT2D eigenvalue weighted by Crippen LogP contribution is 2.44. The van der Waals surface area contributed by atoms with Gasteiger partial charge in [0.15, 0.2) is 0 Å². The number of nitrogens with one attached hydrogen (secondary N) is 2. The number of fused-ring (bicyclic) bond motifs is 2. The zero-order valence-electron chi connectivity index (χ0n) is 17.8. The molecule has 0 amide bonds. The third kappa shape index (κ3) is 3.36. The van der Waals surface area contributed by atoms with Crippen LogP contribution in [0.25, 0.3) is 16.7 Å². The molecule has 1 aliphatic carbocycles. The van der Waals surface area contributed by atoms with Gasteiger partial charge in [-0.05, 0) is 53.7 Å². The Bertz CT molecular complexity index is 1530. The predicted octanol–water partition coefficient (Wildman–Crippen LogP) is 2.57. The fourth-order valence-corrected chi connectivity index (χ4v) is 4.98. The van der Waals surface area contributed by atoms with Gasteiger partial charge < -0.3 is 5.73 Å². The monoisotopic (exact) mass is 540 g/mol. The largest absolute Gasteiger partial charge is 0.368 e. The van der Waals surface area contributed by atoms with Crippen molar-refractivity contribution in [3.05, 3.63) is 51.2 Å². The molecule has 0 radical (unpaired) electrons. The number of aromatic amines is 1. The first kappa shape index (κ1) is 21.2. The minimum atomic E-state index is -0.453. The molecule has 2 aliphatic heterocycles. The zero-order chi connectivity index (χ0) is 23.6. The molecule has 172 valence electrons. The SMILES string of the molecule is Cc1cn[nH]c1-n1c(C(N=C2N=C(N)N=C3NN=C(Br)C23)C2CC2)nc2cccc(Cl)c2c1=O. The van der Waals surface area contributed by atoms with Gasteiger partial charge in [-0.15, -0.1) is 0 Å². The molecule has 6 rings (SSSR count). The number of aryl methyl sites for hydroxylation is 1. The van der Waals surface area contributed by atoms with Crippen LogP contribution in [-0.2, 0) is 0 Å². The van der Waals surface area contributed by atoms with Gasteiger partial charge in [-0.1, -0.05) is 17.7 Å².